The molecule has 0 unspecified atom stereocenters. The molecule has 1 aromatic carbocycles. The number of hydrogen-bond acceptors (Lipinski definition) is 2. The summed E-state index contributed by atoms with van der Waals surface area (Å²) in [6, 6.07) is 10.5. The Labute approximate surface area is 96.4 Å². The zero-order chi connectivity index (χ0) is 11.4. The lowest BCUT2D eigenvalue weighted by Crippen LogP contribution is -2.01. The van der Waals surface area contributed by atoms with Gasteiger partial charge in [-0.3, -0.25) is 4.98 Å². The minimum absolute atomic E-state index is 0.819. The summed E-state index contributed by atoms with van der Waals surface area (Å²) in [7, 11) is 0. The number of benzene rings is 1. The summed E-state index contributed by atoms with van der Waals surface area (Å²) < 4.78 is 0. The molecule has 0 fully saturated rings. The van der Waals surface area contributed by atoms with E-state index in [0.717, 1.165) is 6.54 Å². The lowest BCUT2D eigenvalue weighted by atomic mass is 10.2. The van der Waals surface area contributed by atoms with Gasteiger partial charge in [-0.15, -0.1) is 0 Å². The van der Waals surface area contributed by atoms with Crippen LogP contribution in [0.3, 0.4) is 0 Å². The number of hydrogen-bond donors (Lipinski definition) is 1. The zero-order valence-corrected chi connectivity index (χ0v) is 9.70. The van der Waals surface area contributed by atoms with Crippen molar-refractivity contribution >= 4 is 5.69 Å². The summed E-state index contributed by atoms with van der Waals surface area (Å²) in [4.78, 5) is 4.18. The molecular formula is C14H16N2. The molecule has 2 heteroatoms. The predicted octanol–water partition coefficient (Wildman–Crippen LogP) is 3.31. The molecule has 0 saturated carbocycles. The molecule has 2 nitrogen and oxygen atoms in total. The van der Waals surface area contributed by atoms with Gasteiger partial charge in [0, 0.05) is 24.6 Å². The van der Waals surface area contributed by atoms with Crippen molar-refractivity contribution in [2.75, 3.05) is 5.32 Å². The van der Waals surface area contributed by atoms with Crippen molar-refractivity contribution in [3.8, 4) is 0 Å². The molecule has 0 aliphatic carbocycles. The Kier molecular flexibility index (Phi) is 3.20. The maximum atomic E-state index is 4.18. The van der Waals surface area contributed by atoms with Gasteiger partial charge in [0.1, 0.15) is 0 Å². The number of rotatable bonds is 3. The van der Waals surface area contributed by atoms with Gasteiger partial charge in [0.15, 0.2) is 0 Å². The smallest absolute Gasteiger partial charge is 0.0416 e. The molecule has 2 aromatic rings. The van der Waals surface area contributed by atoms with E-state index >= 15 is 0 Å². The molecule has 0 aliphatic heterocycles. The highest BCUT2D eigenvalue weighted by Gasteiger charge is 1.97. The van der Waals surface area contributed by atoms with Crippen LogP contribution in [-0.2, 0) is 6.54 Å². The molecular weight excluding hydrogens is 196 g/mol. The second-order valence-corrected chi connectivity index (χ2v) is 4.04. The van der Waals surface area contributed by atoms with E-state index in [1.807, 2.05) is 18.5 Å². The minimum atomic E-state index is 0.819. The fraction of sp³-hybridized carbons (Fsp3) is 0.214. The van der Waals surface area contributed by atoms with E-state index in [-0.39, 0.29) is 0 Å². The van der Waals surface area contributed by atoms with Gasteiger partial charge in [0.25, 0.3) is 0 Å². The van der Waals surface area contributed by atoms with Crippen LogP contribution in [0, 0.1) is 13.8 Å². The topological polar surface area (TPSA) is 24.9 Å². The Morgan fingerprint density at radius 3 is 2.69 bits per heavy atom. The summed E-state index contributed by atoms with van der Waals surface area (Å²) in [5, 5.41) is 3.42. The number of aryl methyl sites for hydroxylation is 2. The van der Waals surface area contributed by atoms with Gasteiger partial charge in [-0.1, -0.05) is 24.3 Å². The number of para-hydroxylation sites is 1. The lowest BCUT2D eigenvalue weighted by molar-refractivity contribution is 1.09. The van der Waals surface area contributed by atoms with E-state index in [2.05, 4.69) is 48.4 Å². The third-order valence-electron chi connectivity index (χ3n) is 2.56. The molecule has 1 N–H and O–H groups in total. The van der Waals surface area contributed by atoms with Gasteiger partial charge in [0.05, 0.1) is 0 Å². The van der Waals surface area contributed by atoms with Gasteiger partial charge in [-0.05, 0) is 36.6 Å². The van der Waals surface area contributed by atoms with Crippen LogP contribution in [0.25, 0.3) is 0 Å². The zero-order valence-electron chi connectivity index (χ0n) is 9.70. The van der Waals surface area contributed by atoms with Crippen molar-refractivity contribution in [3.05, 3.63) is 59.4 Å². The third kappa shape index (κ3) is 2.60. The second kappa shape index (κ2) is 4.79. The van der Waals surface area contributed by atoms with Gasteiger partial charge in [0.2, 0.25) is 0 Å². The van der Waals surface area contributed by atoms with E-state index in [9.17, 15) is 0 Å². The molecule has 0 spiro atoms. The fourth-order valence-corrected chi connectivity index (χ4v) is 1.68. The van der Waals surface area contributed by atoms with Gasteiger partial charge >= 0.3 is 0 Å². The average Bonchev–Trinajstić information content (AvgIpc) is 2.28. The summed E-state index contributed by atoms with van der Waals surface area (Å²) in [6.45, 7) is 4.99. The molecule has 2 rings (SSSR count). The first-order valence-corrected chi connectivity index (χ1v) is 5.46. The average molecular weight is 212 g/mol. The minimum Gasteiger partial charge on any atom is -0.381 e. The van der Waals surface area contributed by atoms with E-state index < -0.39 is 0 Å². The molecule has 1 heterocycles. The number of aromatic nitrogens is 1. The third-order valence-corrected chi connectivity index (χ3v) is 2.56. The molecule has 0 radical (unpaired) electrons. The highest BCUT2D eigenvalue weighted by molar-refractivity contribution is 5.50. The van der Waals surface area contributed by atoms with Crippen LogP contribution >= 0.6 is 0 Å². The Bertz CT molecular complexity index is 478. The van der Waals surface area contributed by atoms with Crippen LogP contribution in [-0.4, -0.2) is 4.98 Å². The van der Waals surface area contributed by atoms with Crippen molar-refractivity contribution in [3.63, 3.8) is 0 Å². The second-order valence-electron chi connectivity index (χ2n) is 4.04. The maximum Gasteiger partial charge on any atom is 0.0416 e. The van der Waals surface area contributed by atoms with Crippen LogP contribution < -0.4 is 5.32 Å². The van der Waals surface area contributed by atoms with Crippen molar-refractivity contribution in [1.82, 2.24) is 4.98 Å². The summed E-state index contributed by atoms with van der Waals surface area (Å²) in [5.74, 6) is 0. The molecule has 16 heavy (non-hydrogen) atoms. The van der Waals surface area contributed by atoms with Gasteiger partial charge in [-0.2, -0.15) is 0 Å². The molecule has 82 valence electrons. The summed E-state index contributed by atoms with van der Waals surface area (Å²) in [5.41, 5.74) is 4.86. The largest absolute Gasteiger partial charge is 0.381 e. The first-order valence-electron chi connectivity index (χ1n) is 5.46. The SMILES string of the molecule is Cc1cncc(CNc2ccccc2C)c1. The van der Waals surface area contributed by atoms with E-state index in [1.54, 1.807) is 0 Å². The van der Waals surface area contributed by atoms with Gasteiger partial charge < -0.3 is 5.32 Å². The number of nitrogens with one attached hydrogen (secondary N) is 1. The van der Waals surface area contributed by atoms with Crippen LogP contribution in [0.2, 0.25) is 0 Å². The van der Waals surface area contributed by atoms with Crippen molar-refractivity contribution in [2.24, 2.45) is 0 Å². The number of anilines is 1. The number of pyridine rings is 1. The number of nitrogens with zero attached hydrogens (tertiary/aromatic N) is 1. The molecule has 0 amide bonds. The Morgan fingerprint density at radius 2 is 1.94 bits per heavy atom. The van der Waals surface area contributed by atoms with Crippen LogP contribution in [0.4, 0.5) is 5.69 Å². The monoisotopic (exact) mass is 212 g/mol. The molecule has 0 atom stereocenters. The highest BCUT2D eigenvalue weighted by Crippen LogP contribution is 2.14. The van der Waals surface area contributed by atoms with Crippen LogP contribution in [0.1, 0.15) is 16.7 Å². The Morgan fingerprint density at radius 1 is 1.12 bits per heavy atom. The normalized spacial score (nSPS) is 10.1. The van der Waals surface area contributed by atoms with Crippen molar-refractivity contribution < 1.29 is 0 Å². The van der Waals surface area contributed by atoms with E-state index in [0.29, 0.717) is 0 Å². The van der Waals surface area contributed by atoms with Crippen LogP contribution in [0.15, 0.2) is 42.7 Å². The van der Waals surface area contributed by atoms with Crippen molar-refractivity contribution in [1.29, 1.82) is 0 Å². The quantitative estimate of drug-likeness (QED) is 0.844. The van der Waals surface area contributed by atoms with Crippen LogP contribution in [0.5, 0.6) is 0 Å². The van der Waals surface area contributed by atoms with E-state index in [1.165, 1.54) is 22.4 Å². The molecule has 0 saturated heterocycles. The Hall–Kier alpha value is -1.83. The molecule has 0 aliphatic rings. The highest BCUT2D eigenvalue weighted by atomic mass is 14.9. The predicted molar refractivity (Wildman–Crippen MR) is 67.5 cm³/mol. The summed E-state index contributed by atoms with van der Waals surface area (Å²) >= 11 is 0. The van der Waals surface area contributed by atoms with Gasteiger partial charge in [-0.25, -0.2) is 0 Å². The molecule has 0 bridgehead atoms. The van der Waals surface area contributed by atoms with Crippen molar-refractivity contribution in [2.45, 2.75) is 20.4 Å². The molecule has 1 aromatic heterocycles. The first-order chi connectivity index (χ1) is 7.75. The lowest BCUT2D eigenvalue weighted by Gasteiger charge is -2.09. The Balaban J connectivity index is 2.05. The first kappa shape index (κ1) is 10.7. The fourth-order valence-electron chi connectivity index (χ4n) is 1.68. The van der Waals surface area contributed by atoms with E-state index in [4.69, 9.17) is 0 Å². The maximum absolute atomic E-state index is 4.18. The standard InChI is InChI=1S/C14H16N2/c1-11-7-13(9-15-8-11)10-16-14-6-4-3-5-12(14)2/h3-9,16H,10H2,1-2H3. The summed E-state index contributed by atoms with van der Waals surface area (Å²) in [6.07, 6.45) is 3.77.